The van der Waals surface area contributed by atoms with E-state index in [-0.39, 0.29) is 5.56 Å². The zero-order valence-electron chi connectivity index (χ0n) is 11.6. The number of benzene rings is 2. The van der Waals surface area contributed by atoms with Gasteiger partial charge in [-0.05, 0) is 61.4 Å². The fourth-order valence-electron chi connectivity index (χ4n) is 2.06. The summed E-state index contributed by atoms with van der Waals surface area (Å²) in [4.78, 5) is 12.0. The Bertz CT molecular complexity index is 640. The molecule has 0 aliphatic rings. The van der Waals surface area contributed by atoms with E-state index in [4.69, 9.17) is 0 Å². The Labute approximate surface area is 120 Å². The maximum absolute atomic E-state index is 12.5. The third kappa shape index (κ3) is 3.84. The molecule has 21 heavy (non-hydrogen) atoms. The number of hydrogen-bond acceptors (Lipinski definition) is 1. The van der Waals surface area contributed by atoms with Crippen LogP contribution in [0, 0.1) is 13.8 Å². The van der Waals surface area contributed by atoms with Crippen LogP contribution in [-0.4, -0.2) is 5.91 Å². The van der Waals surface area contributed by atoms with Crippen molar-refractivity contribution in [1.82, 2.24) is 0 Å². The molecular weight excluding hydrogens is 279 g/mol. The average Bonchev–Trinajstić information content (AvgIpc) is 2.36. The molecule has 0 saturated heterocycles. The number of carbonyl (C=O) groups excluding carboxylic acids is 1. The molecular formula is C16H14F3NO. The van der Waals surface area contributed by atoms with E-state index < -0.39 is 17.6 Å². The van der Waals surface area contributed by atoms with Gasteiger partial charge in [-0.2, -0.15) is 13.2 Å². The summed E-state index contributed by atoms with van der Waals surface area (Å²) in [5.74, 6) is -0.436. The highest BCUT2D eigenvalue weighted by Crippen LogP contribution is 2.29. The Morgan fingerprint density at radius 1 is 0.952 bits per heavy atom. The molecule has 0 aromatic heterocycles. The van der Waals surface area contributed by atoms with E-state index in [1.54, 1.807) is 12.1 Å². The molecule has 0 aliphatic heterocycles. The third-order valence-electron chi connectivity index (χ3n) is 2.95. The number of hydrogen-bond donors (Lipinski definition) is 1. The van der Waals surface area contributed by atoms with Crippen LogP contribution in [0.2, 0.25) is 0 Å². The molecule has 0 unspecified atom stereocenters. The summed E-state index contributed by atoms with van der Waals surface area (Å²) < 4.78 is 37.4. The summed E-state index contributed by atoms with van der Waals surface area (Å²) in [5.41, 5.74) is 2.03. The highest BCUT2D eigenvalue weighted by molar-refractivity contribution is 6.04. The predicted octanol–water partition coefficient (Wildman–Crippen LogP) is 4.57. The Kier molecular flexibility index (Phi) is 4.02. The van der Waals surface area contributed by atoms with Crippen molar-refractivity contribution in [3.8, 4) is 0 Å². The van der Waals surface area contributed by atoms with Gasteiger partial charge in [0.25, 0.3) is 5.91 Å². The molecule has 0 radical (unpaired) electrons. The van der Waals surface area contributed by atoms with Crippen LogP contribution in [0.25, 0.3) is 0 Å². The van der Waals surface area contributed by atoms with E-state index in [0.717, 1.165) is 23.3 Å². The fraction of sp³-hybridized carbons (Fsp3) is 0.188. The lowest BCUT2D eigenvalue weighted by Crippen LogP contribution is -2.13. The zero-order chi connectivity index (χ0) is 15.6. The minimum Gasteiger partial charge on any atom is -0.322 e. The van der Waals surface area contributed by atoms with Gasteiger partial charge in [0, 0.05) is 11.3 Å². The number of aryl methyl sites for hydroxylation is 2. The lowest BCUT2D eigenvalue weighted by Gasteiger charge is -2.09. The van der Waals surface area contributed by atoms with Crippen LogP contribution >= 0.6 is 0 Å². The lowest BCUT2D eigenvalue weighted by molar-refractivity contribution is -0.137. The number of anilines is 1. The van der Waals surface area contributed by atoms with E-state index in [2.05, 4.69) is 5.32 Å². The van der Waals surface area contributed by atoms with Crippen LogP contribution in [0.5, 0.6) is 0 Å². The summed E-state index contributed by atoms with van der Waals surface area (Å²) in [6.07, 6.45) is -4.40. The molecule has 2 rings (SSSR count). The normalized spacial score (nSPS) is 11.3. The average molecular weight is 293 g/mol. The first-order valence-electron chi connectivity index (χ1n) is 6.32. The number of amides is 1. The minimum atomic E-state index is -4.40. The quantitative estimate of drug-likeness (QED) is 0.863. The first kappa shape index (κ1) is 15.1. The zero-order valence-corrected chi connectivity index (χ0v) is 11.6. The van der Waals surface area contributed by atoms with Crippen LogP contribution in [0.4, 0.5) is 18.9 Å². The van der Waals surface area contributed by atoms with Crippen LogP contribution in [0.15, 0.2) is 42.5 Å². The number of rotatable bonds is 2. The number of carbonyl (C=O) groups is 1. The minimum absolute atomic E-state index is 0.183. The number of halogens is 3. The molecule has 1 N–H and O–H groups in total. The van der Waals surface area contributed by atoms with Crippen molar-refractivity contribution >= 4 is 11.6 Å². The maximum Gasteiger partial charge on any atom is 0.416 e. The maximum atomic E-state index is 12.5. The predicted molar refractivity (Wildman–Crippen MR) is 75.3 cm³/mol. The Hall–Kier alpha value is -2.30. The monoisotopic (exact) mass is 293 g/mol. The van der Waals surface area contributed by atoms with Gasteiger partial charge < -0.3 is 5.32 Å². The summed E-state index contributed by atoms with van der Waals surface area (Å²) in [5, 5.41) is 2.68. The SMILES string of the molecule is Cc1cc(C)cc(NC(=O)c2ccc(C(F)(F)F)cc2)c1. The highest BCUT2D eigenvalue weighted by atomic mass is 19.4. The van der Waals surface area contributed by atoms with Crippen LogP contribution in [0.1, 0.15) is 27.0 Å². The Balaban J connectivity index is 2.17. The van der Waals surface area contributed by atoms with E-state index in [1.165, 1.54) is 12.1 Å². The van der Waals surface area contributed by atoms with E-state index in [1.807, 2.05) is 19.9 Å². The van der Waals surface area contributed by atoms with E-state index in [0.29, 0.717) is 5.69 Å². The van der Waals surface area contributed by atoms with Gasteiger partial charge in [0.05, 0.1) is 5.56 Å². The summed E-state index contributed by atoms with van der Waals surface area (Å²) >= 11 is 0. The van der Waals surface area contributed by atoms with Gasteiger partial charge in [0.1, 0.15) is 0 Å². The van der Waals surface area contributed by atoms with Crippen molar-refractivity contribution in [2.75, 3.05) is 5.32 Å². The lowest BCUT2D eigenvalue weighted by atomic mass is 10.1. The molecule has 0 heterocycles. The second kappa shape index (κ2) is 5.60. The van der Waals surface area contributed by atoms with Crippen molar-refractivity contribution in [2.45, 2.75) is 20.0 Å². The molecule has 0 bridgehead atoms. The van der Waals surface area contributed by atoms with Crippen LogP contribution in [0.3, 0.4) is 0 Å². The van der Waals surface area contributed by atoms with Crippen molar-refractivity contribution in [1.29, 1.82) is 0 Å². The van der Waals surface area contributed by atoms with Gasteiger partial charge in [-0.3, -0.25) is 4.79 Å². The molecule has 0 fully saturated rings. The molecule has 0 aliphatic carbocycles. The first-order chi connectivity index (χ1) is 9.75. The van der Waals surface area contributed by atoms with Crippen molar-refractivity contribution in [3.05, 3.63) is 64.7 Å². The largest absolute Gasteiger partial charge is 0.416 e. The standard InChI is InChI=1S/C16H14F3NO/c1-10-7-11(2)9-14(8-10)20-15(21)12-3-5-13(6-4-12)16(17,18)19/h3-9H,1-2H3,(H,20,21). The second-order valence-corrected chi connectivity index (χ2v) is 4.91. The number of alkyl halides is 3. The molecule has 1 amide bonds. The summed E-state index contributed by atoms with van der Waals surface area (Å²) in [7, 11) is 0. The first-order valence-corrected chi connectivity index (χ1v) is 6.32. The molecule has 2 nitrogen and oxygen atoms in total. The van der Waals surface area contributed by atoms with Crippen molar-refractivity contribution in [2.24, 2.45) is 0 Å². The number of nitrogens with one attached hydrogen (secondary N) is 1. The van der Waals surface area contributed by atoms with E-state index in [9.17, 15) is 18.0 Å². The van der Waals surface area contributed by atoms with Gasteiger partial charge in [-0.1, -0.05) is 6.07 Å². The highest BCUT2D eigenvalue weighted by Gasteiger charge is 2.30. The summed E-state index contributed by atoms with van der Waals surface area (Å²) in [6.45, 7) is 3.81. The smallest absolute Gasteiger partial charge is 0.322 e. The van der Waals surface area contributed by atoms with Gasteiger partial charge in [0.15, 0.2) is 0 Å². The molecule has 110 valence electrons. The fourth-order valence-corrected chi connectivity index (χ4v) is 2.06. The van der Waals surface area contributed by atoms with E-state index >= 15 is 0 Å². The molecule has 0 atom stereocenters. The van der Waals surface area contributed by atoms with Gasteiger partial charge in [-0.15, -0.1) is 0 Å². The van der Waals surface area contributed by atoms with Gasteiger partial charge >= 0.3 is 6.18 Å². The molecule has 0 spiro atoms. The Morgan fingerprint density at radius 3 is 1.95 bits per heavy atom. The van der Waals surface area contributed by atoms with Crippen LogP contribution in [-0.2, 0) is 6.18 Å². The van der Waals surface area contributed by atoms with Crippen molar-refractivity contribution in [3.63, 3.8) is 0 Å². The third-order valence-corrected chi connectivity index (χ3v) is 2.95. The van der Waals surface area contributed by atoms with Gasteiger partial charge in [-0.25, -0.2) is 0 Å². The molecule has 5 heteroatoms. The van der Waals surface area contributed by atoms with Gasteiger partial charge in [0.2, 0.25) is 0 Å². The molecule has 2 aromatic rings. The molecule has 2 aromatic carbocycles. The van der Waals surface area contributed by atoms with Crippen LogP contribution < -0.4 is 5.32 Å². The topological polar surface area (TPSA) is 29.1 Å². The molecule has 0 saturated carbocycles. The second-order valence-electron chi connectivity index (χ2n) is 4.91. The Morgan fingerprint density at radius 2 is 1.48 bits per heavy atom. The summed E-state index contributed by atoms with van der Waals surface area (Å²) in [6, 6.07) is 9.70. The van der Waals surface area contributed by atoms with Crippen molar-refractivity contribution < 1.29 is 18.0 Å².